The van der Waals surface area contributed by atoms with Crippen molar-refractivity contribution in [2.45, 2.75) is 18.8 Å². The van der Waals surface area contributed by atoms with E-state index in [0.717, 1.165) is 24.2 Å². The van der Waals surface area contributed by atoms with Gasteiger partial charge in [-0.05, 0) is 48.1 Å². The highest BCUT2D eigenvalue weighted by Gasteiger charge is 2.24. The van der Waals surface area contributed by atoms with Crippen LogP contribution in [-0.4, -0.2) is 18.6 Å². The highest BCUT2D eigenvalue weighted by Crippen LogP contribution is 2.34. The van der Waals surface area contributed by atoms with Gasteiger partial charge in [0.05, 0.1) is 6.61 Å². The molecule has 0 spiro atoms. The predicted molar refractivity (Wildman–Crippen MR) is 82.3 cm³/mol. The van der Waals surface area contributed by atoms with Gasteiger partial charge >= 0.3 is 0 Å². The Kier molecular flexibility index (Phi) is 5.07. The molecular weight excluding hydrogens is 256 g/mol. The molecule has 0 aliphatic carbocycles. The number of ether oxygens (including phenoxy) is 1. The summed E-state index contributed by atoms with van der Waals surface area (Å²) < 4.78 is 5.67. The number of hydrogen-bond acceptors (Lipinski definition) is 4. The summed E-state index contributed by atoms with van der Waals surface area (Å²) in [5.41, 5.74) is 4.63. The minimum absolute atomic E-state index is 0.115. The van der Waals surface area contributed by atoms with Gasteiger partial charge < -0.3 is 10.1 Å². The Bertz CT molecular complexity index is 475. The zero-order valence-corrected chi connectivity index (χ0v) is 12.0. The molecule has 0 aromatic carbocycles. The fourth-order valence-electron chi connectivity index (χ4n) is 2.40. The van der Waals surface area contributed by atoms with Crippen molar-refractivity contribution < 1.29 is 4.74 Å². The van der Waals surface area contributed by atoms with Gasteiger partial charge in [0, 0.05) is 12.2 Å². The SMILES string of the molecule is C=CC1=C(/C(=C\C)C2=CC=CCN2)CCO[C@H]1SN. The van der Waals surface area contributed by atoms with E-state index in [1.54, 1.807) is 0 Å². The molecule has 0 aromatic heterocycles. The van der Waals surface area contributed by atoms with Crippen molar-refractivity contribution in [2.75, 3.05) is 13.2 Å². The smallest absolute Gasteiger partial charge is 0.142 e. The van der Waals surface area contributed by atoms with E-state index in [2.05, 4.69) is 43.1 Å². The van der Waals surface area contributed by atoms with Crippen LogP contribution in [0, 0.1) is 0 Å². The maximum atomic E-state index is 5.70. The predicted octanol–water partition coefficient (Wildman–Crippen LogP) is 2.81. The van der Waals surface area contributed by atoms with Gasteiger partial charge in [-0.1, -0.05) is 30.9 Å². The van der Waals surface area contributed by atoms with E-state index < -0.39 is 0 Å². The van der Waals surface area contributed by atoms with Gasteiger partial charge in [-0.15, -0.1) is 0 Å². The maximum Gasteiger partial charge on any atom is 0.142 e. The fourth-order valence-corrected chi connectivity index (χ4v) is 2.96. The number of rotatable bonds is 4. The van der Waals surface area contributed by atoms with Gasteiger partial charge in [0.1, 0.15) is 5.44 Å². The molecule has 2 heterocycles. The van der Waals surface area contributed by atoms with Crippen molar-refractivity contribution in [2.24, 2.45) is 5.14 Å². The molecule has 1 atom stereocenters. The minimum atomic E-state index is -0.115. The number of hydrogen-bond donors (Lipinski definition) is 2. The molecule has 0 saturated carbocycles. The monoisotopic (exact) mass is 276 g/mol. The van der Waals surface area contributed by atoms with E-state index in [0.29, 0.717) is 6.61 Å². The van der Waals surface area contributed by atoms with Crippen LogP contribution < -0.4 is 10.5 Å². The molecule has 0 amide bonds. The number of dihydropyridines is 1. The van der Waals surface area contributed by atoms with Gasteiger partial charge in [0.25, 0.3) is 0 Å². The normalized spacial score (nSPS) is 24.0. The molecule has 0 radical (unpaired) electrons. The molecule has 3 N–H and O–H groups in total. The lowest BCUT2D eigenvalue weighted by molar-refractivity contribution is 0.127. The molecule has 3 nitrogen and oxygen atoms in total. The highest BCUT2D eigenvalue weighted by atomic mass is 32.2. The first-order chi connectivity index (χ1) is 9.31. The third-order valence-corrected chi connectivity index (χ3v) is 3.92. The van der Waals surface area contributed by atoms with E-state index in [-0.39, 0.29) is 5.44 Å². The van der Waals surface area contributed by atoms with E-state index in [1.807, 2.05) is 6.08 Å². The second kappa shape index (κ2) is 6.80. The van der Waals surface area contributed by atoms with Crippen LogP contribution in [0.3, 0.4) is 0 Å². The van der Waals surface area contributed by atoms with Gasteiger partial charge in [-0.3, -0.25) is 5.14 Å². The molecule has 2 aliphatic heterocycles. The van der Waals surface area contributed by atoms with Crippen LogP contribution in [0.4, 0.5) is 0 Å². The topological polar surface area (TPSA) is 47.3 Å². The Morgan fingerprint density at radius 2 is 2.47 bits per heavy atom. The van der Waals surface area contributed by atoms with Crippen molar-refractivity contribution in [3.63, 3.8) is 0 Å². The van der Waals surface area contributed by atoms with Gasteiger partial charge in [-0.25, -0.2) is 0 Å². The van der Waals surface area contributed by atoms with Crippen LogP contribution in [-0.2, 0) is 4.74 Å². The summed E-state index contributed by atoms with van der Waals surface area (Å²) in [6, 6.07) is 0. The second-order valence-electron chi connectivity index (χ2n) is 4.32. The largest absolute Gasteiger partial charge is 0.381 e. The average molecular weight is 276 g/mol. The average Bonchev–Trinajstić information content (AvgIpc) is 2.48. The molecule has 19 heavy (non-hydrogen) atoms. The first kappa shape index (κ1) is 14.2. The molecule has 0 saturated heterocycles. The number of nitrogens with one attached hydrogen (secondary N) is 1. The number of nitrogens with two attached hydrogens (primary N) is 1. The summed E-state index contributed by atoms with van der Waals surface area (Å²) in [5, 5.41) is 9.10. The van der Waals surface area contributed by atoms with E-state index in [9.17, 15) is 0 Å². The zero-order valence-electron chi connectivity index (χ0n) is 11.2. The molecular formula is C15H20N2OS. The molecule has 0 unspecified atom stereocenters. The highest BCUT2D eigenvalue weighted by molar-refractivity contribution is 7.97. The molecule has 4 heteroatoms. The lowest BCUT2D eigenvalue weighted by Crippen LogP contribution is -2.25. The Labute approximate surface area is 119 Å². The second-order valence-corrected chi connectivity index (χ2v) is 5.02. The third-order valence-electron chi connectivity index (χ3n) is 3.28. The van der Waals surface area contributed by atoms with Crippen LogP contribution in [0.15, 0.2) is 59.4 Å². The van der Waals surface area contributed by atoms with Crippen molar-refractivity contribution in [1.82, 2.24) is 5.32 Å². The summed E-state index contributed by atoms with van der Waals surface area (Å²) in [4.78, 5) is 0. The summed E-state index contributed by atoms with van der Waals surface area (Å²) in [6.07, 6.45) is 11.2. The van der Waals surface area contributed by atoms with E-state index in [1.165, 1.54) is 23.1 Å². The number of allylic oxidation sites excluding steroid dienone is 4. The Morgan fingerprint density at radius 3 is 3.05 bits per heavy atom. The molecule has 0 aromatic rings. The van der Waals surface area contributed by atoms with Gasteiger partial charge in [-0.2, -0.15) is 0 Å². The maximum absolute atomic E-state index is 5.70. The quantitative estimate of drug-likeness (QED) is 0.775. The summed E-state index contributed by atoms with van der Waals surface area (Å²) >= 11 is 1.22. The van der Waals surface area contributed by atoms with Crippen LogP contribution in [0.25, 0.3) is 0 Å². The van der Waals surface area contributed by atoms with Crippen LogP contribution >= 0.6 is 11.9 Å². The van der Waals surface area contributed by atoms with E-state index in [4.69, 9.17) is 9.88 Å². The summed E-state index contributed by atoms with van der Waals surface area (Å²) in [6.45, 7) is 7.53. The van der Waals surface area contributed by atoms with Crippen LogP contribution in [0.5, 0.6) is 0 Å². The van der Waals surface area contributed by atoms with Crippen molar-refractivity contribution in [1.29, 1.82) is 0 Å². The van der Waals surface area contributed by atoms with Crippen molar-refractivity contribution >= 4 is 11.9 Å². The Hall–Kier alpha value is -1.23. The van der Waals surface area contributed by atoms with Gasteiger partial charge in [0.15, 0.2) is 0 Å². The lowest BCUT2D eigenvalue weighted by atomic mass is 9.92. The Morgan fingerprint density at radius 1 is 1.63 bits per heavy atom. The van der Waals surface area contributed by atoms with E-state index >= 15 is 0 Å². The lowest BCUT2D eigenvalue weighted by Gasteiger charge is -2.28. The zero-order chi connectivity index (χ0) is 13.7. The minimum Gasteiger partial charge on any atom is -0.381 e. The Balaban J connectivity index is 2.40. The van der Waals surface area contributed by atoms with Crippen LogP contribution in [0.2, 0.25) is 0 Å². The summed E-state index contributed by atoms with van der Waals surface area (Å²) in [5.74, 6) is 0. The van der Waals surface area contributed by atoms with Crippen LogP contribution in [0.1, 0.15) is 13.3 Å². The van der Waals surface area contributed by atoms with Crippen molar-refractivity contribution in [3.05, 3.63) is 59.4 Å². The third kappa shape index (κ3) is 3.03. The fraction of sp³-hybridized carbons (Fsp3) is 0.333. The molecule has 0 fully saturated rings. The molecule has 102 valence electrons. The summed E-state index contributed by atoms with van der Waals surface area (Å²) in [7, 11) is 0. The molecule has 2 aliphatic rings. The first-order valence-electron chi connectivity index (χ1n) is 6.42. The van der Waals surface area contributed by atoms with Gasteiger partial charge in [0.2, 0.25) is 0 Å². The van der Waals surface area contributed by atoms with Crippen molar-refractivity contribution in [3.8, 4) is 0 Å². The molecule has 0 bridgehead atoms. The molecule has 2 rings (SSSR count). The standard InChI is InChI=1S/C15H20N2OS/c1-3-11(14-7-5-6-9-17-14)13-8-10-18-15(19-16)12(13)4-2/h3-7,15,17H,2,8-10,16H2,1H3/b11-3+/t15-/m0/s1. The first-order valence-corrected chi connectivity index (χ1v) is 7.36.